The zero-order valence-corrected chi connectivity index (χ0v) is 16.1. The first-order valence-corrected chi connectivity index (χ1v) is 8.85. The number of benzene rings is 2. The summed E-state index contributed by atoms with van der Waals surface area (Å²) in [5.41, 5.74) is 4.28. The van der Waals surface area contributed by atoms with Crippen LogP contribution in [-0.4, -0.2) is 12.5 Å². The van der Waals surface area contributed by atoms with Gasteiger partial charge in [-0.3, -0.25) is 4.79 Å². The molecular weight excluding hydrogens is 356 g/mol. The Hall–Kier alpha value is -2.20. The number of carbonyl (C=O) groups excluding carboxylic acids is 1. The second kappa shape index (κ2) is 8.45. The van der Waals surface area contributed by atoms with Crippen LogP contribution in [0.5, 0.6) is 0 Å². The molecule has 0 radical (unpaired) electrons. The third-order valence-corrected chi connectivity index (χ3v) is 4.66. The van der Waals surface area contributed by atoms with Crippen molar-refractivity contribution in [3.05, 3.63) is 63.7 Å². The Balaban J connectivity index is 2.56. The highest BCUT2D eigenvalue weighted by Crippen LogP contribution is 2.34. The third kappa shape index (κ3) is 4.31. The normalized spacial score (nSPS) is 12.0. The van der Waals surface area contributed by atoms with Crippen molar-refractivity contribution in [1.29, 1.82) is 0 Å². The van der Waals surface area contributed by atoms with E-state index < -0.39 is 11.6 Å². The Bertz CT molecular complexity index is 875. The van der Waals surface area contributed by atoms with E-state index in [1.54, 1.807) is 19.1 Å². The summed E-state index contributed by atoms with van der Waals surface area (Å²) in [5.74, 6) is -1.93. The molecule has 0 bridgehead atoms. The standard InChI is InChI=1S/C21H22ClF2NO/c1-5-8-25-21(26)13(3)12(2)17-10-16(22)11-18(14(17)4)15-6-7-19(23)20(24)9-15/h6-7,9-11H,5,8H2,1-4H3,(H,25,26)/b13-12+. The molecule has 2 aromatic rings. The summed E-state index contributed by atoms with van der Waals surface area (Å²) in [7, 11) is 0. The first-order valence-electron chi connectivity index (χ1n) is 8.47. The number of hydrogen-bond donors (Lipinski definition) is 1. The van der Waals surface area contributed by atoms with E-state index in [0.29, 0.717) is 28.3 Å². The van der Waals surface area contributed by atoms with E-state index >= 15 is 0 Å². The smallest absolute Gasteiger partial charge is 0.247 e. The quantitative estimate of drug-likeness (QED) is 0.644. The molecular formula is C21H22ClF2NO. The summed E-state index contributed by atoms with van der Waals surface area (Å²) in [4.78, 5) is 12.3. The summed E-state index contributed by atoms with van der Waals surface area (Å²) < 4.78 is 26.9. The van der Waals surface area contributed by atoms with Gasteiger partial charge >= 0.3 is 0 Å². The lowest BCUT2D eigenvalue weighted by molar-refractivity contribution is -0.117. The topological polar surface area (TPSA) is 29.1 Å². The fourth-order valence-corrected chi connectivity index (χ4v) is 2.99. The van der Waals surface area contributed by atoms with E-state index in [4.69, 9.17) is 11.6 Å². The van der Waals surface area contributed by atoms with Crippen molar-refractivity contribution in [2.45, 2.75) is 34.1 Å². The van der Waals surface area contributed by atoms with Gasteiger partial charge in [-0.1, -0.05) is 24.6 Å². The van der Waals surface area contributed by atoms with E-state index in [2.05, 4.69) is 5.32 Å². The van der Waals surface area contributed by atoms with Gasteiger partial charge in [0.2, 0.25) is 5.91 Å². The third-order valence-electron chi connectivity index (χ3n) is 4.45. The lowest BCUT2D eigenvalue weighted by atomic mass is 9.91. The molecule has 0 unspecified atom stereocenters. The van der Waals surface area contributed by atoms with E-state index in [1.165, 1.54) is 6.07 Å². The van der Waals surface area contributed by atoms with Gasteiger partial charge in [0, 0.05) is 17.1 Å². The van der Waals surface area contributed by atoms with Gasteiger partial charge in [0.1, 0.15) is 0 Å². The molecule has 2 rings (SSSR count). The number of nitrogens with one attached hydrogen (secondary N) is 1. The van der Waals surface area contributed by atoms with Gasteiger partial charge in [0.25, 0.3) is 0 Å². The van der Waals surface area contributed by atoms with Crippen LogP contribution in [-0.2, 0) is 4.79 Å². The highest BCUT2D eigenvalue weighted by atomic mass is 35.5. The van der Waals surface area contributed by atoms with Gasteiger partial charge in [-0.15, -0.1) is 0 Å². The van der Waals surface area contributed by atoms with Crippen LogP contribution in [0.4, 0.5) is 8.78 Å². The van der Waals surface area contributed by atoms with Crippen LogP contribution < -0.4 is 5.32 Å². The average Bonchev–Trinajstić information content (AvgIpc) is 2.62. The summed E-state index contributed by atoms with van der Waals surface area (Å²) in [6.45, 7) is 8.09. The Morgan fingerprint density at radius 3 is 2.42 bits per heavy atom. The highest BCUT2D eigenvalue weighted by molar-refractivity contribution is 6.31. The second-order valence-electron chi connectivity index (χ2n) is 6.26. The molecule has 0 saturated carbocycles. The van der Waals surface area contributed by atoms with E-state index in [1.807, 2.05) is 20.8 Å². The van der Waals surface area contributed by atoms with Crippen molar-refractivity contribution < 1.29 is 13.6 Å². The molecule has 26 heavy (non-hydrogen) atoms. The van der Waals surface area contributed by atoms with Gasteiger partial charge in [-0.2, -0.15) is 0 Å². The first-order chi connectivity index (χ1) is 12.3. The van der Waals surface area contributed by atoms with E-state index in [9.17, 15) is 13.6 Å². The molecule has 0 aliphatic carbocycles. The predicted molar refractivity (Wildman–Crippen MR) is 103 cm³/mol. The molecule has 1 amide bonds. The molecule has 138 valence electrons. The molecule has 0 heterocycles. The summed E-state index contributed by atoms with van der Waals surface area (Å²) in [5, 5.41) is 3.32. The number of rotatable bonds is 5. The summed E-state index contributed by atoms with van der Waals surface area (Å²) in [6, 6.07) is 7.26. The zero-order chi connectivity index (χ0) is 19.4. The van der Waals surface area contributed by atoms with Crippen molar-refractivity contribution in [2.75, 3.05) is 6.54 Å². The maximum Gasteiger partial charge on any atom is 0.247 e. The lowest BCUT2D eigenvalue weighted by Gasteiger charge is -2.16. The van der Waals surface area contributed by atoms with Crippen molar-refractivity contribution in [3.63, 3.8) is 0 Å². The maximum absolute atomic E-state index is 13.6. The van der Waals surface area contributed by atoms with Crippen LogP contribution >= 0.6 is 11.6 Å². The summed E-state index contributed by atoms with van der Waals surface area (Å²) in [6.07, 6.45) is 0.856. The minimum Gasteiger partial charge on any atom is -0.352 e. The average molecular weight is 378 g/mol. The van der Waals surface area contributed by atoms with Crippen LogP contribution in [0.3, 0.4) is 0 Å². The fraction of sp³-hybridized carbons (Fsp3) is 0.286. The van der Waals surface area contributed by atoms with Gasteiger partial charge in [0.15, 0.2) is 11.6 Å². The largest absolute Gasteiger partial charge is 0.352 e. The molecule has 0 spiro atoms. The molecule has 0 saturated heterocycles. The Morgan fingerprint density at radius 1 is 1.12 bits per heavy atom. The molecule has 0 aliphatic rings. The fourth-order valence-electron chi connectivity index (χ4n) is 2.78. The van der Waals surface area contributed by atoms with Crippen LogP contribution in [0.2, 0.25) is 5.02 Å². The molecule has 0 aliphatic heterocycles. The maximum atomic E-state index is 13.6. The Morgan fingerprint density at radius 2 is 1.81 bits per heavy atom. The minimum absolute atomic E-state index is 0.127. The number of halogens is 3. The molecule has 5 heteroatoms. The molecule has 1 N–H and O–H groups in total. The van der Waals surface area contributed by atoms with Crippen molar-refractivity contribution in [3.8, 4) is 11.1 Å². The molecule has 0 aromatic heterocycles. The van der Waals surface area contributed by atoms with Gasteiger partial charge < -0.3 is 5.32 Å². The van der Waals surface area contributed by atoms with Gasteiger partial charge in [-0.05, 0) is 79.3 Å². The van der Waals surface area contributed by atoms with Crippen molar-refractivity contribution >= 4 is 23.1 Å². The highest BCUT2D eigenvalue weighted by Gasteiger charge is 2.15. The van der Waals surface area contributed by atoms with Crippen LogP contribution in [0.1, 0.15) is 38.3 Å². The molecule has 2 aromatic carbocycles. The van der Waals surface area contributed by atoms with Crippen LogP contribution in [0.15, 0.2) is 35.9 Å². The van der Waals surface area contributed by atoms with Gasteiger partial charge in [0.05, 0.1) is 0 Å². The first kappa shape index (κ1) is 20.1. The Kier molecular flexibility index (Phi) is 6.54. The molecule has 2 nitrogen and oxygen atoms in total. The Labute approximate surface area is 157 Å². The van der Waals surface area contributed by atoms with Crippen LogP contribution in [0.25, 0.3) is 16.7 Å². The van der Waals surface area contributed by atoms with E-state index in [-0.39, 0.29) is 5.91 Å². The van der Waals surface area contributed by atoms with Crippen molar-refractivity contribution in [1.82, 2.24) is 5.32 Å². The van der Waals surface area contributed by atoms with Crippen LogP contribution in [0, 0.1) is 18.6 Å². The monoisotopic (exact) mass is 377 g/mol. The number of hydrogen-bond acceptors (Lipinski definition) is 1. The zero-order valence-electron chi connectivity index (χ0n) is 15.3. The van der Waals surface area contributed by atoms with Gasteiger partial charge in [-0.25, -0.2) is 8.78 Å². The predicted octanol–water partition coefficient (Wildman–Crippen LogP) is 5.91. The van der Waals surface area contributed by atoms with E-state index in [0.717, 1.165) is 35.3 Å². The number of carbonyl (C=O) groups is 1. The second-order valence-corrected chi connectivity index (χ2v) is 6.70. The number of amides is 1. The SMILES string of the molecule is CCCNC(=O)/C(C)=C(\C)c1cc(Cl)cc(-c2ccc(F)c(F)c2)c1C. The molecule has 0 atom stereocenters. The minimum atomic E-state index is -0.911. The lowest BCUT2D eigenvalue weighted by Crippen LogP contribution is -2.25. The molecule has 0 fully saturated rings. The summed E-state index contributed by atoms with van der Waals surface area (Å²) >= 11 is 6.26. The number of allylic oxidation sites excluding steroid dienone is 1. The van der Waals surface area contributed by atoms with Crippen molar-refractivity contribution in [2.24, 2.45) is 0 Å².